The first-order valence-corrected chi connectivity index (χ1v) is 8.62. The maximum absolute atomic E-state index is 14.3. The van der Waals surface area contributed by atoms with Gasteiger partial charge in [0, 0.05) is 30.3 Å². The number of hydrogen-bond donors (Lipinski definition) is 1. The zero-order valence-corrected chi connectivity index (χ0v) is 15.3. The zero-order valence-electron chi connectivity index (χ0n) is 15.3. The van der Waals surface area contributed by atoms with Gasteiger partial charge in [0.1, 0.15) is 5.82 Å². The standard InChI is InChI=1S/C20H12F6N2O3/c21-13-2-1-5-27-18(13)12(8-16(29)11-7-15(23)19(30)28-9-11)10-3-4-17(14(22)6-10)31-20(24,25)26/h1-7,9,12H,8H2,(H,28,30)/t12-/m0/s1. The third-order valence-corrected chi connectivity index (χ3v) is 4.27. The summed E-state index contributed by atoms with van der Waals surface area (Å²) in [4.78, 5) is 29.6. The molecule has 162 valence electrons. The predicted molar refractivity (Wildman–Crippen MR) is 95.1 cm³/mol. The van der Waals surface area contributed by atoms with Crippen molar-refractivity contribution in [1.29, 1.82) is 0 Å². The predicted octanol–water partition coefficient (Wildman–Crippen LogP) is 4.49. The zero-order chi connectivity index (χ0) is 22.8. The molecule has 0 bridgehead atoms. The van der Waals surface area contributed by atoms with Gasteiger partial charge in [-0.05, 0) is 35.9 Å². The van der Waals surface area contributed by atoms with E-state index in [9.17, 15) is 35.9 Å². The third kappa shape index (κ3) is 5.30. The molecule has 0 saturated heterocycles. The van der Waals surface area contributed by atoms with Crippen molar-refractivity contribution in [1.82, 2.24) is 9.97 Å². The summed E-state index contributed by atoms with van der Waals surface area (Å²) >= 11 is 0. The number of hydrogen-bond acceptors (Lipinski definition) is 4. The number of carbonyl (C=O) groups excluding carboxylic acids is 1. The lowest BCUT2D eigenvalue weighted by molar-refractivity contribution is -0.275. The van der Waals surface area contributed by atoms with Crippen LogP contribution in [-0.4, -0.2) is 22.1 Å². The number of H-pyrrole nitrogens is 1. The fourth-order valence-electron chi connectivity index (χ4n) is 2.89. The van der Waals surface area contributed by atoms with Gasteiger partial charge in [-0.2, -0.15) is 0 Å². The van der Waals surface area contributed by atoms with E-state index in [-0.39, 0.29) is 16.8 Å². The van der Waals surface area contributed by atoms with Gasteiger partial charge in [0.25, 0.3) is 5.56 Å². The van der Waals surface area contributed by atoms with Crippen molar-refractivity contribution in [2.45, 2.75) is 18.7 Å². The lowest BCUT2D eigenvalue weighted by Crippen LogP contribution is -2.18. The first-order valence-electron chi connectivity index (χ1n) is 8.62. The molecule has 0 fully saturated rings. The maximum atomic E-state index is 14.3. The van der Waals surface area contributed by atoms with E-state index in [4.69, 9.17) is 0 Å². The molecule has 0 aliphatic heterocycles. The molecule has 0 aliphatic carbocycles. The van der Waals surface area contributed by atoms with Crippen LogP contribution in [0.4, 0.5) is 26.3 Å². The van der Waals surface area contributed by atoms with Gasteiger partial charge in [-0.1, -0.05) is 6.07 Å². The number of Topliss-reactive ketones (excluding diaryl/α,β-unsaturated/α-hetero) is 1. The highest BCUT2D eigenvalue weighted by atomic mass is 19.4. The number of ether oxygens (including phenoxy) is 1. The van der Waals surface area contributed by atoms with Crippen molar-refractivity contribution in [2.75, 3.05) is 0 Å². The number of aromatic amines is 1. The molecule has 1 aromatic carbocycles. The molecular formula is C20H12F6N2O3. The Kier molecular flexibility index (Phi) is 6.14. The molecule has 31 heavy (non-hydrogen) atoms. The Balaban J connectivity index is 2.00. The van der Waals surface area contributed by atoms with Gasteiger partial charge in [-0.15, -0.1) is 13.2 Å². The summed E-state index contributed by atoms with van der Waals surface area (Å²) in [5.74, 6) is -6.53. The molecule has 5 nitrogen and oxygen atoms in total. The van der Waals surface area contributed by atoms with Gasteiger partial charge in [0.15, 0.2) is 23.2 Å². The Bertz CT molecular complexity index is 1180. The van der Waals surface area contributed by atoms with Crippen molar-refractivity contribution < 1.29 is 35.9 Å². The van der Waals surface area contributed by atoms with Gasteiger partial charge in [0.2, 0.25) is 0 Å². The molecule has 3 rings (SSSR count). The molecule has 0 aliphatic rings. The second kappa shape index (κ2) is 8.62. The van der Waals surface area contributed by atoms with E-state index in [0.717, 1.165) is 18.3 Å². The van der Waals surface area contributed by atoms with Crippen LogP contribution in [0, 0.1) is 17.5 Å². The molecule has 3 aromatic rings. The van der Waals surface area contributed by atoms with Gasteiger partial charge < -0.3 is 9.72 Å². The highest BCUT2D eigenvalue weighted by molar-refractivity contribution is 5.96. The molecule has 0 unspecified atom stereocenters. The number of pyridine rings is 2. The number of rotatable bonds is 6. The van der Waals surface area contributed by atoms with Crippen LogP contribution in [-0.2, 0) is 0 Å². The van der Waals surface area contributed by atoms with Crippen LogP contribution in [0.5, 0.6) is 5.75 Å². The third-order valence-electron chi connectivity index (χ3n) is 4.27. The highest BCUT2D eigenvalue weighted by Gasteiger charge is 2.33. The van der Waals surface area contributed by atoms with Crippen molar-refractivity contribution >= 4 is 5.78 Å². The minimum absolute atomic E-state index is 0.0668. The largest absolute Gasteiger partial charge is 0.573 e. The number of alkyl halides is 3. The van der Waals surface area contributed by atoms with Crippen LogP contribution >= 0.6 is 0 Å². The molecule has 2 aromatic heterocycles. The number of nitrogens with one attached hydrogen (secondary N) is 1. The van der Waals surface area contributed by atoms with Crippen LogP contribution in [0.2, 0.25) is 0 Å². The minimum atomic E-state index is -5.13. The Morgan fingerprint density at radius 1 is 1.06 bits per heavy atom. The minimum Gasteiger partial charge on any atom is -0.403 e. The van der Waals surface area contributed by atoms with Gasteiger partial charge >= 0.3 is 6.36 Å². The molecule has 0 amide bonds. The normalized spacial score (nSPS) is 12.5. The molecular weight excluding hydrogens is 430 g/mol. The lowest BCUT2D eigenvalue weighted by Gasteiger charge is -2.18. The van der Waals surface area contributed by atoms with E-state index in [1.165, 1.54) is 12.3 Å². The summed E-state index contributed by atoms with van der Waals surface area (Å²) < 4.78 is 82.7. The topological polar surface area (TPSA) is 72.0 Å². The number of benzene rings is 1. The smallest absolute Gasteiger partial charge is 0.403 e. The van der Waals surface area contributed by atoms with E-state index in [0.29, 0.717) is 18.2 Å². The van der Waals surface area contributed by atoms with Crippen molar-refractivity contribution in [2.24, 2.45) is 0 Å². The molecule has 2 heterocycles. The summed E-state index contributed by atoms with van der Waals surface area (Å²) in [6.07, 6.45) is -3.50. The second-order valence-corrected chi connectivity index (χ2v) is 6.35. The summed E-state index contributed by atoms with van der Waals surface area (Å²) in [6, 6.07) is 5.39. The van der Waals surface area contributed by atoms with E-state index < -0.39 is 53.2 Å². The lowest BCUT2D eigenvalue weighted by atomic mass is 9.88. The van der Waals surface area contributed by atoms with Crippen molar-refractivity contribution in [3.05, 3.63) is 93.4 Å². The van der Waals surface area contributed by atoms with Crippen molar-refractivity contribution in [3.8, 4) is 5.75 Å². The average molecular weight is 442 g/mol. The second-order valence-electron chi connectivity index (χ2n) is 6.35. The average Bonchev–Trinajstić information content (AvgIpc) is 2.69. The SMILES string of the molecule is O=C(C[C@@H](c1ccc(OC(F)(F)F)c(F)c1)c1ncccc1F)c1c[nH]c(=O)c(F)c1. The van der Waals surface area contributed by atoms with Crippen LogP contribution in [0.25, 0.3) is 0 Å². The van der Waals surface area contributed by atoms with E-state index >= 15 is 0 Å². The number of aromatic nitrogens is 2. The first kappa shape index (κ1) is 22.1. The Morgan fingerprint density at radius 2 is 1.81 bits per heavy atom. The summed E-state index contributed by atoms with van der Waals surface area (Å²) in [5, 5.41) is 0. The summed E-state index contributed by atoms with van der Waals surface area (Å²) in [5.41, 5.74) is -1.63. The Labute approximate surface area is 170 Å². The highest BCUT2D eigenvalue weighted by Crippen LogP contribution is 2.33. The van der Waals surface area contributed by atoms with Crippen LogP contribution in [0.1, 0.15) is 34.0 Å². The van der Waals surface area contributed by atoms with Crippen LogP contribution in [0.3, 0.4) is 0 Å². The monoisotopic (exact) mass is 442 g/mol. The quantitative estimate of drug-likeness (QED) is 0.451. The molecule has 1 N–H and O–H groups in total. The van der Waals surface area contributed by atoms with E-state index in [2.05, 4.69) is 9.72 Å². The summed E-state index contributed by atoms with van der Waals surface area (Å²) in [7, 11) is 0. The number of ketones is 1. The first-order chi connectivity index (χ1) is 14.5. The van der Waals surface area contributed by atoms with Crippen LogP contribution in [0.15, 0.2) is 53.6 Å². The Morgan fingerprint density at radius 3 is 2.42 bits per heavy atom. The number of halogens is 6. The van der Waals surface area contributed by atoms with Crippen molar-refractivity contribution in [3.63, 3.8) is 0 Å². The molecule has 0 saturated carbocycles. The fraction of sp³-hybridized carbons (Fsp3) is 0.150. The molecule has 11 heteroatoms. The van der Waals surface area contributed by atoms with Crippen LogP contribution < -0.4 is 10.3 Å². The van der Waals surface area contributed by atoms with Gasteiger partial charge in [-0.25, -0.2) is 13.2 Å². The molecule has 1 atom stereocenters. The fourth-order valence-corrected chi connectivity index (χ4v) is 2.89. The van der Waals surface area contributed by atoms with E-state index in [1.54, 1.807) is 0 Å². The van der Waals surface area contributed by atoms with E-state index in [1.807, 2.05) is 4.98 Å². The summed E-state index contributed by atoms with van der Waals surface area (Å²) in [6.45, 7) is 0. The maximum Gasteiger partial charge on any atom is 0.573 e. The number of carbonyl (C=O) groups is 1. The molecule has 0 spiro atoms. The molecule has 0 radical (unpaired) electrons. The number of nitrogens with zero attached hydrogens (tertiary/aromatic N) is 1. The Hall–Kier alpha value is -3.63. The van der Waals surface area contributed by atoms with Gasteiger partial charge in [-0.3, -0.25) is 14.6 Å². The van der Waals surface area contributed by atoms with Gasteiger partial charge in [0.05, 0.1) is 5.69 Å².